The number of hydrogen-bond acceptors (Lipinski definition) is 10. The van der Waals surface area contributed by atoms with Gasteiger partial charge in [0.2, 0.25) is 0 Å². The molecule has 2 unspecified atom stereocenters. The van der Waals surface area contributed by atoms with Gasteiger partial charge in [0.1, 0.15) is 50.1 Å². The van der Waals surface area contributed by atoms with Crippen LogP contribution in [0.5, 0.6) is 11.5 Å². The first-order valence-electron chi connectivity index (χ1n) is 15.6. The van der Waals surface area contributed by atoms with E-state index in [4.69, 9.17) is 18.9 Å². The molecule has 4 rings (SSSR count). The van der Waals surface area contributed by atoms with Crippen molar-refractivity contribution in [3.8, 4) is 22.6 Å². The van der Waals surface area contributed by atoms with Crippen LogP contribution in [-0.4, -0.2) is 65.9 Å². The van der Waals surface area contributed by atoms with E-state index in [9.17, 15) is 19.8 Å². The highest BCUT2D eigenvalue weighted by atomic mass is 32.2. The van der Waals surface area contributed by atoms with Crippen molar-refractivity contribution in [1.29, 1.82) is 0 Å². The first-order chi connectivity index (χ1) is 23.1. The largest absolute Gasteiger partial charge is 0.490 e. The van der Waals surface area contributed by atoms with Crippen LogP contribution >= 0.6 is 23.5 Å². The molecule has 0 saturated heterocycles. The molecule has 2 N–H and O–H groups in total. The highest BCUT2D eigenvalue weighted by Gasteiger charge is 2.16. The number of carbonyl (C=O) groups excluding carboxylic acids is 2. The number of aliphatic hydroxyl groups excluding tert-OH is 2. The molecule has 0 amide bonds. The van der Waals surface area contributed by atoms with E-state index in [2.05, 4.69) is 0 Å². The Morgan fingerprint density at radius 3 is 1.60 bits per heavy atom. The highest BCUT2D eigenvalue weighted by molar-refractivity contribution is 8.12. The third kappa shape index (κ3) is 11.6. The van der Waals surface area contributed by atoms with Crippen molar-refractivity contribution in [2.45, 2.75) is 50.6 Å². The summed E-state index contributed by atoms with van der Waals surface area (Å²) in [4.78, 5) is 25.1. The molecular weight excluding hydrogens is 649 g/mol. The molecule has 48 heavy (non-hydrogen) atoms. The van der Waals surface area contributed by atoms with Crippen molar-refractivity contribution in [3.05, 3.63) is 113 Å². The number of benzene rings is 4. The summed E-state index contributed by atoms with van der Waals surface area (Å²) in [5.74, 6) is 1.61. The Labute approximate surface area is 290 Å². The molecule has 0 radical (unpaired) electrons. The van der Waals surface area contributed by atoms with Gasteiger partial charge >= 0.3 is 11.3 Å². The summed E-state index contributed by atoms with van der Waals surface area (Å²) in [6.45, 7) is 7.47. The fraction of sp³-hybridized carbons (Fsp3) is 0.316. The smallest absolute Gasteiger partial charge is 0.367 e. The summed E-state index contributed by atoms with van der Waals surface area (Å²) in [5, 5.41) is 20.3. The fourth-order valence-electron chi connectivity index (χ4n) is 4.96. The number of carbonyl (C=O) groups is 2. The van der Waals surface area contributed by atoms with Crippen molar-refractivity contribution in [3.63, 3.8) is 0 Å². The molecule has 254 valence electrons. The summed E-state index contributed by atoms with van der Waals surface area (Å²) < 4.78 is 22.3. The maximum absolute atomic E-state index is 12.1. The van der Waals surface area contributed by atoms with Gasteiger partial charge in [0, 0.05) is 10.6 Å². The van der Waals surface area contributed by atoms with Gasteiger partial charge in [0.15, 0.2) is 0 Å². The van der Waals surface area contributed by atoms with E-state index in [1.165, 1.54) is 11.8 Å². The predicted octanol–water partition coefficient (Wildman–Crippen LogP) is 7.47. The summed E-state index contributed by atoms with van der Waals surface area (Å²) >= 11 is 2.43. The second-order valence-corrected chi connectivity index (χ2v) is 13.4. The SMILES string of the molecule is Cc1cc(-c2cc(C)c(OCC(O)COC(=O)SCc3ccccc3)c(C)c2)cc(C)c1OCC(O)COC(=O)CSc1ccccc1. The van der Waals surface area contributed by atoms with E-state index in [1.807, 2.05) is 113 Å². The standard InChI is InChI=1S/C38H42O8S2/c1-25-15-30(16-26(2)36(25)44-20-32(39)19-43-35(41)24-47-34-13-9-6-10-14-34)31-17-27(3)37(28(4)18-31)45-21-33(40)22-46-38(42)48-23-29-11-7-5-8-12-29/h5-18,32-33,39-40H,19-24H2,1-4H3. The number of esters is 1. The molecule has 8 nitrogen and oxygen atoms in total. The van der Waals surface area contributed by atoms with Gasteiger partial charge in [-0.25, -0.2) is 4.79 Å². The van der Waals surface area contributed by atoms with Gasteiger partial charge < -0.3 is 29.2 Å². The van der Waals surface area contributed by atoms with Crippen LogP contribution in [0.2, 0.25) is 0 Å². The Balaban J connectivity index is 1.24. The predicted molar refractivity (Wildman–Crippen MR) is 191 cm³/mol. The van der Waals surface area contributed by atoms with E-state index in [-0.39, 0.29) is 32.2 Å². The summed E-state index contributed by atoms with van der Waals surface area (Å²) in [7, 11) is 0. The first kappa shape index (κ1) is 36.9. The molecule has 0 saturated carbocycles. The van der Waals surface area contributed by atoms with Crippen LogP contribution in [0.15, 0.2) is 89.8 Å². The second-order valence-electron chi connectivity index (χ2n) is 11.4. The molecule has 0 bridgehead atoms. The van der Waals surface area contributed by atoms with E-state index < -0.39 is 23.5 Å². The average Bonchev–Trinajstić information content (AvgIpc) is 3.08. The lowest BCUT2D eigenvalue weighted by Crippen LogP contribution is -2.26. The van der Waals surface area contributed by atoms with Crippen LogP contribution in [0.1, 0.15) is 27.8 Å². The van der Waals surface area contributed by atoms with Crippen LogP contribution in [0.4, 0.5) is 4.79 Å². The molecule has 0 fully saturated rings. The van der Waals surface area contributed by atoms with Crippen molar-refractivity contribution in [2.24, 2.45) is 0 Å². The van der Waals surface area contributed by atoms with Crippen LogP contribution in [-0.2, 0) is 20.0 Å². The monoisotopic (exact) mass is 690 g/mol. The van der Waals surface area contributed by atoms with Gasteiger partial charge in [-0.05, 0) is 115 Å². The van der Waals surface area contributed by atoms with E-state index in [0.717, 1.165) is 55.6 Å². The second kappa shape index (κ2) is 18.5. The summed E-state index contributed by atoms with van der Waals surface area (Å²) in [6, 6.07) is 27.3. The zero-order valence-corrected chi connectivity index (χ0v) is 29.3. The lowest BCUT2D eigenvalue weighted by molar-refractivity contribution is -0.143. The van der Waals surface area contributed by atoms with Gasteiger partial charge in [-0.2, -0.15) is 0 Å². The summed E-state index contributed by atoms with van der Waals surface area (Å²) in [6.07, 6.45) is -1.93. The van der Waals surface area contributed by atoms with E-state index >= 15 is 0 Å². The zero-order valence-electron chi connectivity index (χ0n) is 27.6. The van der Waals surface area contributed by atoms with Crippen molar-refractivity contribution < 1.29 is 38.7 Å². The lowest BCUT2D eigenvalue weighted by Gasteiger charge is -2.19. The number of ether oxygens (including phenoxy) is 4. The third-order valence-corrected chi connectivity index (χ3v) is 9.04. The van der Waals surface area contributed by atoms with Crippen LogP contribution in [0.3, 0.4) is 0 Å². The molecule has 0 heterocycles. The maximum Gasteiger partial charge on any atom is 0.367 e. The fourth-order valence-corrected chi connectivity index (χ4v) is 6.30. The third-order valence-electron chi connectivity index (χ3n) is 7.22. The molecule has 0 spiro atoms. The van der Waals surface area contributed by atoms with Crippen molar-refractivity contribution >= 4 is 34.8 Å². The lowest BCUT2D eigenvalue weighted by atomic mass is 9.96. The van der Waals surface area contributed by atoms with Crippen LogP contribution in [0.25, 0.3) is 11.1 Å². The molecule has 0 aliphatic rings. The van der Waals surface area contributed by atoms with Crippen molar-refractivity contribution in [1.82, 2.24) is 0 Å². The highest BCUT2D eigenvalue weighted by Crippen LogP contribution is 2.34. The van der Waals surface area contributed by atoms with Gasteiger partial charge in [-0.1, -0.05) is 48.5 Å². The molecule has 4 aromatic carbocycles. The van der Waals surface area contributed by atoms with Gasteiger partial charge in [0.25, 0.3) is 0 Å². The van der Waals surface area contributed by atoms with E-state index in [0.29, 0.717) is 17.3 Å². The van der Waals surface area contributed by atoms with Gasteiger partial charge in [-0.3, -0.25) is 4.79 Å². The normalized spacial score (nSPS) is 12.2. The number of thioether (sulfide) groups is 2. The zero-order chi connectivity index (χ0) is 34.5. The average molecular weight is 691 g/mol. The minimum atomic E-state index is -0.966. The summed E-state index contributed by atoms with van der Waals surface area (Å²) in [5.41, 5.74) is 6.65. The number of aliphatic hydroxyl groups is 2. The number of hydrogen-bond donors (Lipinski definition) is 2. The van der Waals surface area contributed by atoms with Gasteiger partial charge in [0.05, 0.1) is 5.75 Å². The Kier molecular flexibility index (Phi) is 14.2. The maximum atomic E-state index is 12.1. The molecule has 0 aliphatic carbocycles. The Morgan fingerprint density at radius 2 is 1.10 bits per heavy atom. The molecule has 4 aromatic rings. The van der Waals surface area contributed by atoms with Crippen LogP contribution < -0.4 is 9.47 Å². The van der Waals surface area contributed by atoms with Crippen molar-refractivity contribution in [2.75, 3.05) is 32.2 Å². The van der Waals surface area contributed by atoms with Gasteiger partial charge in [-0.15, -0.1) is 11.8 Å². The minimum absolute atomic E-state index is 0.0119. The molecule has 0 aliphatic heterocycles. The molecular formula is C38H42O8S2. The quantitative estimate of drug-likeness (QED) is 0.0907. The number of aryl methyl sites for hydroxylation is 4. The topological polar surface area (TPSA) is 112 Å². The minimum Gasteiger partial charge on any atom is -0.490 e. The molecule has 2 atom stereocenters. The Morgan fingerprint density at radius 1 is 0.646 bits per heavy atom. The number of rotatable bonds is 16. The van der Waals surface area contributed by atoms with E-state index in [1.54, 1.807) is 0 Å². The Bertz CT molecular complexity index is 1480. The molecule has 0 aromatic heterocycles. The molecule has 10 heteroatoms. The Hall–Kier alpha value is -3.96. The van der Waals surface area contributed by atoms with Crippen LogP contribution in [0, 0.1) is 27.7 Å². The first-order valence-corrected chi connectivity index (χ1v) is 17.6.